The number of allylic oxidation sites excluding steroid dienone is 4. The van der Waals surface area contributed by atoms with Crippen LogP contribution in [0, 0.1) is 6.92 Å². The average molecular weight is 539 g/mol. The summed E-state index contributed by atoms with van der Waals surface area (Å²) < 4.78 is 13.7. The summed E-state index contributed by atoms with van der Waals surface area (Å²) in [5, 5.41) is 0. The first kappa shape index (κ1) is 30.3. The summed E-state index contributed by atoms with van der Waals surface area (Å²) in [5.74, 6) is 0.848. The average Bonchev–Trinajstić information content (AvgIpc) is 3.10. The first-order chi connectivity index (χ1) is 13.4. The van der Waals surface area contributed by atoms with Gasteiger partial charge in [-0.1, -0.05) is 0 Å². The van der Waals surface area contributed by atoms with Crippen LogP contribution in [0.5, 0.6) is 5.75 Å². The van der Waals surface area contributed by atoms with Gasteiger partial charge in [0, 0.05) is 0 Å². The minimum absolute atomic E-state index is 0. The monoisotopic (exact) mass is 538 g/mol. The molecular formula is C21H32Cl2N2O3SSiTi. The quantitative estimate of drug-likeness (QED) is 0.307. The summed E-state index contributed by atoms with van der Waals surface area (Å²) in [6.45, 7) is 15.1. The van der Waals surface area contributed by atoms with Crippen LogP contribution in [-0.4, -0.2) is 21.1 Å². The molecule has 0 spiro atoms. The number of hydrogen-bond donors (Lipinski definition) is 2. The third-order valence-electron chi connectivity index (χ3n) is 4.43. The van der Waals surface area contributed by atoms with E-state index >= 15 is 0 Å². The van der Waals surface area contributed by atoms with Gasteiger partial charge in [0.2, 0.25) is 0 Å². The number of halogens is 2. The zero-order chi connectivity index (χ0) is 21.9. The van der Waals surface area contributed by atoms with E-state index in [-0.39, 0.29) is 30.2 Å². The van der Waals surface area contributed by atoms with Crippen LogP contribution in [0.4, 0.5) is 0 Å². The van der Waals surface area contributed by atoms with Crippen molar-refractivity contribution in [2.24, 2.45) is 0 Å². The van der Waals surface area contributed by atoms with Gasteiger partial charge in [0.1, 0.15) is 0 Å². The molecule has 172 valence electrons. The van der Waals surface area contributed by atoms with Gasteiger partial charge in [0.15, 0.2) is 0 Å². The van der Waals surface area contributed by atoms with Crippen molar-refractivity contribution in [3.05, 3.63) is 45.4 Å². The Hall–Kier alpha value is -0.699. The van der Waals surface area contributed by atoms with E-state index in [4.69, 9.17) is 4.43 Å². The molecule has 0 saturated heterocycles. The van der Waals surface area contributed by atoms with E-state index in [9.17, 15) is 9.59 Å². The fraction of sp³-hybridized carbons (Fsp3) is 0.429. The Kier molecular flexibility index (Phi) is 11.7. The molecule has 10 heteroatoms. The summed E-state index contributed by atoms with van der Waals surface area (Å²) in [5.41, 5.74) is 2.18. The molecule has 0 atom stereocenters. The van der Waals surface area contributed by atoms with E-state index in [0.717, 1.165) is 32.1 Å². The molecule has 0 unspecified atom stereocenters. The molecule has 1 aromatic carbocycles. The van der Waals surface area contributed by atoms with Gasteiger partial charge >= 0.3 is 183 Å². The summed E-state index contributed by atoms with van der Waals surface area (Å²) in [4.78, 5) is 24.2. The Morgan fingerprint density at radius 1 is 1.10 bits per heavy atom. The van der Waals surface area contributed by atoms with Crippen molar-refractivity contribution in [1.29, 1.82) is 0 Å². The molecule has 5 nitrogen and oxygen atoms in total. The fourth-order valence-electron chi connectivity index (χ4n) is 3.19. The molecule has 2 amide bonds. The first-order valence-electron chi connectivity index (χ1n) is 9.74. The van der Waals surface area contributed by atoms with Crippen molar-refractivity contribution in [3.63, 3.8) is 0 Å². The van der Waals surface area contributed by atoms with Crippen LogP contribution in [-0.2, 0) is 30.8 Å². The predicted octanol–water partition coefficient (Wildman–Crippen LogP) is -1.16. The van der Waals surface area contributed by atoms with Crippen molar-refractivity contribution in [1.82, 2.24) is 7.60 Å². The number of aryl methyl sites for hydroxylation is 1. The molecule has 2 rings (SSSR count). The zero-order valence-corrected chi connectivity index (χ0v) is 24.0. The van der Waals surface area contributed by atoms with Gasteiger partial charge in [-0.3, -0.25) is 0 Å². The number of rotatable bonds is 9. The third-order valence-corrected chi connectivity index (χ3v) is 14.3. The van der Waals surface area contributed by atoms with Crippen LogP contribution < -0.4 is 36.8 Å². The van der Waals surface area contributed by atoms with Crippen molar-refractivity contribution in [2.45, 2.75) is 64.1 Å². The maximum atomic E-state index is 11.6. The maximum Gasteiger partial charge on any atom is -1.00 e. The molecule has 1 aliphatic rings. The Balaban J connectivity index is 0.00000450. The van der Waals surface area contributed by atoms with Gasteiger partial charge < -0.3 is 24.8 Å². The van der Waals surface area contributed by atoms with Crippen LogP contribution >= 0.6 is 9.35 Å². The first-order valence-corrected chi connectivity index (χ1v) is 18.2. The summed E-state index contributed by atoms with van der Waals surface area (Å²) in [6.07, 6.45) is 8.21. The van der Waals surface area contributed by atoms with E-state index < -0.39 is 24.1 Å². The molecule has 0 fully saturated rings. The Morgan fingerprint density at radius 2 is 1.68 bits per heavy atom. The number of nitrogens with one attached hydrogen (secondary N) is 2. The number of hydrogen-bond acceptors (Lipinski definition) is 4. The van der Waals surface area contributed by atoms with Gasteiger partial charge in [-0.2, -0.15) is 0 Å². The summed E-state index contributed by atoms with van der Waals surface area (Å²) >= 11 is -3.57. The van der Waals surface area contributed by atoms with Gasteiger partial charge in [0.25, 0.3) is 0 Å². The van der Waals surface area contributed by atoms with Crippen LogP contribution in [0.2, 0.25) is 19.6 Å². The van der Waals surface area contributed by atoms with E-state index in [1.165, 1.54) is 0 Å². The second-order valence-electron chi connectivity index (χ2n) is 9.24. The van der Waals surface area contributed by atoms with Crippen LogP contribution in [0.1, 0.15) is 38.3 Å². The van der Waals surface area contributed by atoms with Crippen molar-refractivity contribution >= 4 is 30.5 Å². The smallest absolute Gasteiger partial charge is 1.00 e. The molecule has 31 heavy (non-hydrogen) atoms. The van der Waals surface area contributed by atoms with Crippen molar-refractivity contribution in [2.75, 3.05) is 0 Å². The Bertz CT molecular complexity index is 842. The molecule has 2 N–H and O–H groups in total. The predicted molar refractivity (Wildman–Crippen MR) is 120 cm³/mol. The molecule has 0 bridgehead atoms. The fourth-order valence-corrected chi connectivity index (χ4v) is 12.3. The van der Waals surface area contributed by atoms with E-state index in [2.05, 4.69) is 67.1 Å². The Morgan fingerprint density at radius 3 is 2.10 bits per heavy atom. The third kappa shape index (κ3) is 7.98. The van der Waals surface area contributed by atoms with Crippen LogP contribution in [0.25, 0.3) is 0 Å². The standard InChI is InChI=1S/C14H24OSSi.C5H5.2CH3NO.2ClH.Ti/c1-10-8-11(14(2,3)4)13(16)12(9-10)15-17(5,6)7;1-2-4-5-3-1;2*2-1-3;;;/h8-9,16H,1-7H3;1-3H,4H2;2*1H,(H2,2,3);2*1H;/q;;;;;;+5/p-5. The van der Waals surface area contributed by atoms with Gasteiger partial charge in [-0.15, -0.1) is 0 Å². The van der Waals surface area contributed by atoms with E-state index in [1.54, 1.807) is 9.35 Å². The zero-order valence-electron chi connectivity index (χ0n) is 19.1. The molecule has 0 radical (unpaired) electrons. The van der Waals surface area contributed by atoms with Gasteiger partial charge in [-0.25, -0.2) is 0 Å². The second kappa shape index (κ2) is 12.0. The van der Waals surface area contributed by atoms with Crippen molar-refractivity contribution < 1.29 is 54.6 Å². The second-order valence-corrected chi connectivity index (χ2v) is 21.8. The van der Waals surface area contributed by atoms with Crippen LogP contribution in [0.15, 0.2) is 39.1 Å². The SMILES string of the molecule is Cc1cc(O[Si](C)(C)C)c([S][Ti+2]([NH]C=O)([NH]C=O)[C]2=CC=CC2)c(C(C)(C)C)c1.[Cl-].[Cl-]. The molecule has 0 heterocycles. The maximum absolute atomic E-state index is 11.6. The molecule has 0 saturated carbocycles. The van der Waals surface area contributed by atoms with Crippen LogP contribution in [0.3, 0.4) is 0 Å². The topological polar surface area (TPSA) is 67.4 Å². The molecule has 1 aromatic rings. The molecule has 0 aromatic heterocycles. The number of carbonyl (C=O) groups is 2. The largest absolute Gasteiger partial charge is 1.00 e. The number of amides is 2. The van der Waals surface area contributed by atoms with E-state index in [1.807, 2.05) is 18.2 Å². The minimum atomic E-state index is -3.57. The number of benzene rings is 1. The molecular weight excluding hydrogens is 507 g/mol. The summed E-state index contributed by atoms with van der Waals surface area (Å²) in [7, 11) is -0.274. The normalized spacial score (nSPS) is 12.9. The van der Waals surface area contributed by atoms with Crippen molar-refractivity contribution in [3.8, 4) is 5.75 Å². The molecule has 1 aliphatic carbocycles. The minimum Gasteiger partial charge on any atom is -1.00 e. The summed E-state index contributed by atoms with van der Waals surface area (Å²) in [6, 6.07) is 4.27. The molecule has 0 aliphatic heterocycles. The number of carbonyl (C=O) groups excluding carboxylic acids is 2. The van der Waals surface area contributed by atoms with Gasteiger partial charge in [0.05, 0.1) is 0 Å². The van der Waals surface area contributed by atoms with E-state index in [0.29, 0.717) is 12.8 Å². The Labute approximate surface area is 206 Å². The van der Waals surface area contributed by atoms with Gasteiger partial charge in [-0.05, 0) is 0 Å².